The van der Waals surface area contributed by atoms with Crippen molar-refractivity contribution in [1.29, 1.82) is 0 Å². The zero-order valence-electron chi connectivity index (χ0n) is 13.0. The van der Waals surface area contributed by atoms with Crippen LogP contribution in [0, 0.1) is 12.3 Å². The number of hydrogen-bond donors (Lipinski definition) is 0. The molecule has 2 saturated heterocycles. The smallest absolute Gasteiger partial charge is 0.255 e. The number of ether oxygens (including phenoxy) is 1. The first kappa shape index (κ1) is 15.0. The average molecular weight is 303 g/mol. The van der Waals surface area contributed by atoms with E-state index >= 15 is 0 Å². The Morgan fingerprint density at radius 3 is 3.00 bits per heavy atom. The molecule has 0 saturated carbocycles. The van der Waals surface area contributed by atoms with Gasteiger partial charge in [-0.15, -0.1) is 0 Å². The van der Waals surface area contributed by atoms with Crippen molar-refractivity contribution >= 4 is 11.8 Å². The second-order valence-electron chi connectivity index (χ2n) is 6.36. The molecule has 2 aliphatic heterocycles. The molecule has 1 atom stereocenters. The number of amides is 2. The predicted molar refractivity (Wildman–Crippen MR) is 80.4 cm³/mol. The molecule has 2 aliphatic rings. The molecule has 118 valence electrons. The lowest BCUT2D eigenvalue weighted by atomic mass is 9.88. The standard InChI is InChI=1S/C16H21N3O3/c1-12-13(4-3-6-17-12)15(21)19-7-5-16(10-19)9-18(2)14(20)8-22-11-16/h3-4,6H,5,7-11H2,1-2H3. The molecule has 1 aromatic heterocycles. The highest BCUT2D eigenvalue weighted by Gasteiger charge is 2.43. The molecular weight excluding hydrogens is 282 g/mol. The molecule has 1 spiro atoms. The molecule has 0 bridgehead atoms. The van der Waals surface area contributed by atoms with E-state index in [1.807, 2.05) is 17.9 Å². The Hall–Kier alpha value is -1.95. The minimum Gasteiger partial charge on any atom is -0.371 e. The number of likely N-dealkylation sites (N-methyl/N-ethyl adjacent to an activating group) is 1. The first-order valence-corrected chi connectivity index (χ1v) is 7.53. The van der Waals surface area contributed by atoms with Crippen LogP contribution in [0.15, 0.2) is 18.3 Å². The summed E-state index contributed by atoms with van der Waals surface area (Å²) in [6.45, 7) is 4.46. The topological polar surface area (TPSA) is 62.7 Å². The van der Waals surface area contributed by atoms with Gasteiger partial charge in [-0.1, -0.05) is 0 Å². The molecule has 3 rings (SSSR count). The quantitative estimate of drug-likeness (QED) is 0.766. The van der Waals surface area contributed by atoms with Crippen LogP contribution in [0.1, 0.15) is 22.5 Å². The molecule has 6 heteroatoms. The van der Waals surface area contributed by atoms with Crippen molar-refractivity contribution in [3.8, 4) is 0 Å². The SMILES string of the molecule is Cc1ncccc1C(=O)N1CCC2(COCC(=O)N(C)C2)C1. The molecule has 2 amide bonds. The average Bonchev–Trinajstić information content (AvgIpc) is 2.84. The van der Waals surface area contributed by atoms with Gasteiger partial charge in [0, 0.05) is 44.0 Å². The van der Waals surface area contributed by atoms with E-state index < -0.39 is 0 Å². The maximum absolute atomic E-state index is 12.7. The summed E-state index contributed by atoms with van der Waals surface area (Å²) in [5.41, 5.74) is 1.25. The summed E-state index contributed by atoms with van der Waals surface area (Å²) in [6, 6.07) is 3.60. The van der Waals surface area contributed by atoms with Gasteiger partial charge in [-0.25, -0.2) is 0 Å². The summed E-state index contributed by atoms with van der Waals surface area (Å²) in [5.74, 6) is 0.0189. The molecule has 22 heavy (non-hydrogen) atoms. The summed E-state index contributed by atoms with van der Waals surface area (Å²) in [7, 11) is 1.80. The van der Waals surface area contributed by atoms with Crippen LogP contribution in [-0.4, -0.2) is 66.5 Å². The van der Waals surface area contributed by atoms with Gasteiger partial charge in [0.15, 0.2) is 0 Å². The Bertz CT molecular complexity index is 604. The molecule has 0 aliphatic carbocycles. The number of rotatable bonds is 1. The second kappa shape index (κ2) is 5.68. The van der Waals surface area contributed by atoms with Crippen molar-refractivity contribution in [2.24, 2.45) is 5.41 Å². The third-order valence-electron chi connectivity index (χ3n) is 4.59. The highest BCUT2D eigenvalue weighted by Crippen LogP contribution is 2.34. The van der Waals surface area contributed by atoms with Gasteiger partial charge in [-0.2, -0.15) is 0 Å². The minimum absolute atomic E-state index is 0.00440. The van der Waals surface area contributed by atoms with Crippen LogP contribution < -0.4 is 0 Å². The number of pyridine rings is 1. The first-order valence-electron chi connectivity index (χ1n) is 7.53. The molecule has 6 nitrogen and oxygen atoms in total. The number of aryl methyl sites for hydroxylation is 1. The van der Waals surface area contributed by atoms with Crippen molar-refractivity contribution in [1.82, 2.24) is 14.8 Å². The van der Waals surface area contributed by atoms with Gasteiger partial charge in [-0.3, -0.25) is 14.6 Å². The first-order chi connectivity index (χ1) is 10.5. The zero-order chi connectivity index (χ0) is 15.7. The molecular formula is C16H21N3O3. The van der Waals surface area contributed by atoms with Gasteiger partial charge in [0.2, 0.25) is 5.91 Å². The van der Waals surface area contributed by atoms with Crippen LogP contribution in [0.25, 0.3) is 0 Å². The number of nitrogens with zero attached hydrogens (tertiary/aromatic N) is 3. The fraction of sp³-hybridized carbons (Fsp3) is 0.562. The lowest BCUT2D eigenvalue weighted by Crippen LogP contribution is -2.41. The van der Waals surface area contributed by atoms with E-state index in [0.717, 1.165) is 12.1 Å². The predicted octanol–water partition coefficient (Wildman–Crippen LogP) is 0.711. The van der Waals surface area contributed by atoms with Gasteiger partial charge in [0.25, 0.3) is 5.91 Å². The Labute approximate surface area is 130 Å². The van der Waals surface area contributed by atoms with Crippen molar-refractivity contribution in [2.45, 2.75) is 13.3 Å². The minimum atomic E-state index is -0.146. The van der Waals surface area contributed by atoms with Crippen molar-refractivity contribution in [3.63, 3.8) is 0 Å². The summed E-state index contributed by atoms with van der Waals surface area (Å²) >= 11 is 0. The number of hydrogen-bond acceptors (Lipinski definition) is 4. The number of likely N-dealkylation sites (tertiary alicyclic amines) is 1. The van der Waals surface area contributed by atoms with E-state index in [2.05, 4.69) is 4.98 Å². The number of aromatic nitrogens is 1. The molecule has 2 fully saturated rings. The third-order valence-corrected chi connectivity index (χ3v) is 4.59. The maximum Gasteiger partial charge on any atom is 0.255 e. The fourth-order valence-corrected chi connectivity index (χ4v) is 3.34. The van der Waals surface area contributed by atoms with Crippen molar-refractivity contribution < 1.29 is 14.3 Å². The summed E-state index contributed by atoms with van der Waals surface area (Å²) < 4.78 is 5.53. The summed E-state index contributed by atoms with van der Waals surface area (Å²) in [4.78, 5) is 32.2. The molecule has 0 N–H and O–H groups in total. The maximum atomic E-state index is 12.7. The van der Waals surface area contributed by atoms with E-state index in [1.165, 1.54) is 0 Å². The largest absolute Gasteiger partial charge is 0.371 e. The van der Waals surface area contributed by atoms with Crippen LogP contribution >= 0.6 is 0 Å². The fourth-order valence-electron chi connectivity index (χ4n) is 3.34. The summed E-state index contributed by atoms with van der Waals surface area (Å²) in [5, 5.41) is 0. The molecule has 1 unspecified atom stereocenters. The van der Waals surface area contributed by atoms with E-state index in [-0.39, 0.29) is 23.8 Å². The molecule has 0 aromatic carbocycles. The highest BCUT2D eigenvalue weighted by molar-refractivity contribution is 5.95. The normalized spacial score (nSPS) is 25.6. The second-order valence-corrected chi connectivity index (χ2v) is 6.36. The lowest BCUT2D eigenvalue weighted by Gasteiger charge is -2.30. The van der Waals surface area contributed by atoms with Crippen LogP contribution in [0.3, 0.4) is 0 Å². The monoisotopic (exact) mass is 303 g/mol. The molecule has 0 radical (unpaired) electrons. The summed E-state index contributed by atoms with van der Waals surface area (Å²) in [6.07, 6.45) is 2.55. The number of carbonyl (C=O) groups excluding carboxylic acids is 2. The lowest BCUT2D eigenvalue weighted by molar-refractivity contribution is -0.132. The third kappa shape index (κ3) is 2.70. The van der Waals surface area contributed by atoms with Crippen LogP contribution in [0.5, 0.6) is 0 Å². The Morgan fingerprint density at radius 2 is 2.23 bits per heavy atom. The van der Waals surface area contributed by atoms with Gasteiger partial charge in [0.05, 0.1) is 12.2 Å². The van der Waals surface area contributed by atoms with Gasteiger partial charge in [-0.05, 0) is 25.5 Å². The Balaban J connectivity index is 1.76. The highest BCUT2D eigenvalue weighted by atomic mass is 16.5. The van der Waals surface area contributed by atoms with Gasteiger partial charge >= 0.3 is 0 Å². The van der Waals surface area contributed by atoms with Gasteiger partial charge in [0.1, 0.15) is 6.61 Å². The molecule has 3 heterocycles. The zero-order valence-corrected chi connectivity index (χ0v) is 13.0. The van der Waals surface area contributed by atoms with Crippen LogP contribution in [0.2, 0.25) is 0 Å². The van der Waals surface area contributed by atoms with Crippen molar-refractivity contribution in [3.05, 3.63) is 29.6 Å². The van der Waals surface area contributed by atoms with Gasteiger partial charge < -0.3 is 14.5 Å². The molecule has 1 aromatic rings. The Morgan fingerprint density at radius 1 is 1.41 bits per heavy atom. The Kier molecular flexibility index (Phi) is 3.87. The van der Waals surface area contributed by atoms with Crippen LogP contribution in [0.4, 0.5) is 0 Å². The van der Waals surface area contributed by atoms with Crippen LogP contribution in [-0.2, 0) is 9.53 Å². The number of carbonyl (C=O) groups is 2. The van der Waals surface area contributed by atoms with E-state index in [9.17, 15) is 9.59 Å². The van der Waals surface area contributed by atoms with Crippen molar-refractivity contribution in [2.75, 3.05) is 39.9 Å². The van der Waals surface area contributed by atoms with E-state index in [1.54, 1.807) is 24.2 Å². The van der Waals surface area contributed by atoms with E-state index in [0.29, 0.717) is 31.8 Å². The van der Waals surface area contributed by atoms with E-state index in [4.69, 9.17) is 4.74 Å².